The maximum atomic E-state index is 13.1. The number of rotatable bonds is 6. The third-order valence-corrected chi connectivity index (χ3v) is 5.46. The van der Waals surface area contributed by atoms with Crippen LogP contribution in [0.25, 0.3) is 0 Å². The minimum Gasteiger partial charge on any atom is -0.497 e. The van der Waals surface area contributed by atoms with Gasteiger partial charge >= 0.3 is 5.91 Å². The highest BCUT2D eigenvalue weighted by Gasteiger charge is 2.35. The van der Waals surface area contributed by atoms with Gasteiger partial charge in [0.05, 0.1) is 31.4 Å². The molecule has 160 valence electrons. The van der Waals surface area contributed by atoms with Gasteiger partial charge in [-0.05, 0) is 47.5 Å². The Balaban J connectivity index is 1.67. The number of hydrogen-bond donors (Lipinski definition) is 1. The van der Waals surface area contributed by atoms with Crippen molar-refractivity contribution in [1.82, 2.24) is 5.01 Å². The fourth-order valence-corrected chi connectivity index (χ4v) is 4.00. The van der Waals surface area contributed by atoms with E-state index in [1.54, 1.807) is 43.5 Å². The van der Waals surface area contributed by atoms with E-state index in [0.717, 1.165) is 17.4 Å². The maximum Gasteiger partial charge on any atom is 0.310 e. The molecule has 31 heavy (non-hydrogen) atoms. The predicted molar refractivity (Wildman–Crippen MR) is 117 cm³/mol. The summed E-state index contributed by atoms with van der Waals surface area (Å²) in [7, 11) is -1.77. The van der Waals surface area contributed by atoms with Gasteiger partial charge in [-0.2, -0.15) is 5.10 Å². The molecule has 0 aliphatic carbocycles. The number of anilines is 1. The van der Waals surface area contributed by atoms with E-state index >= 15 is 0 Å². The highest BCUT2D eigenvalue weighted by Crippen LogP contribution is 2.35. The number of carbonyl (C=O) groups excluding carboxylic acids is 1. The number of carbonyl (C=O) groups is 1. The van der Waals surface area contributed by atoms with Crippen molar-refractivity contribution in [3.8, 4) is 5.75 Å². The van der Waals surface area contributed by atoms with Gasteiger partial charge in [0.25, 0.3) is 0 Å². The zero-order chi connectivity index (χ0) is 22.0. The molecule has 3 aromatic rings. The van der Waals surface area contributed by atoms with Crippen LogP contribution in [-0.2, 0) is 10.0 Å². The van der Waals surface area contributed by atoms with Gasteiger partial charge in [0.15, 0.2) is 5.76 Å². The SMILES string of the molecule is COc1cccc([C@H]2CC(c3ccc(NS(C)(=O)=O)cc3)=NN2C(=O)c2ccco2)c1. The van der Waals surface area contributed by atoms with Gasteiger partial charge < -0.3 is 9.15 Å². The van der Waals surface area contributed by atoms with Crippen molar-refractivity contribution in [3.05, 3.63) is 83.8 Å². The minimum absolute atomic E-state index is 0.200. The number of nitrogens with zero attached hydrogens (tertiary/aromatic N) is 2. The van der Waals surface area contributed by atoms with Crippen LogP contribution in [0.5, 0.6) is 5.75 Å². The first-order valence-electron chi connectivity index (χ1n) is 9.51. The lowest BCUT2D eigenvalue weighted by atomic mass is 9.98. The summed E-state index contributed by atoms with van der Waals surface area (Å²) >= 11 is 0. The van der Waals surface area contributed by atoms with E-state index in [1.165, 1.54) is 11.3 Å². The molecule has 0 saturated heterocycles. The Morgan fingerprint density at radius 1 is 1.16 bits per heavy atom. The van der Waals surface area contributed by atoms with Gasteiger partial charge in [-0.15, -0.1) is 0 Å². The molecule has 0 spiro atoms. The van der Waals surface area contributed by atoms with Crippen LogP contribution < -0.4 is 9.46 Å². The molecule has 1 aliphatic heterocycles. The molecule has 2 aromatic carbocycles. The monoisotopic (exact) mass is 439 g/mol. The Bertz CT molecular complexity index is 1220. The van der Waals surface area contributed by atoms with Gasteiger partial charge in [0, 0.05) is 12.1 Å². The number of hydrogen-bond acceptors (Lipinski definition) is 6. The molecule has 0 unspecified atom stereocenters. The second kappa shape index (κ2) is 8.27. The minimum atomic E-state index is -3.36. The molecule has 1 aromatic heterocycles. The molecule has 0 fully saturated rings. The number of hydrazone groups is 1. The quantitative estimate of drug-likeness (QED) is 0.632. The van der Waals surface area contributed by atoms with Gasteiger partial charge in [-0.1, -0.05) is 24.3 Å². The van der Waals surface area contributed by atoms with E-state index in [4.69, 9.17) is 9.15 Å². The van der Waals surface area contributed by atoms with E-state index in [-0.39, 0.29) is 17.7 Å². The fourth-order valence-electron chi connectivity index (χ4n) is 3.44. The summed E-state index contributed by atoms with van der Waals surface area (Å²) < 4.78 is 35.9. The van der Waals surface area contributed by atoms with E-state index in [2.05, 4.69) is 9.82 Å². The summed E-state index contributed by atoms with van der Waals surface area (Å²) in [6.07, 6.45) is 3.03. The first-order chi connectivity index (χ1) is 14.8. The van der Waals surface area contributed by atoms with E-state index in [9.17, 15) is 13.2 Å². The zero-order valence-corrected chi connectivity index (χ0v) is 17.8. The molecule has 9 heteroatoms. The van der Waals surface area contributed by atoms with Crippen molar-refractivity contribution in [2.24, 2.45) is 5.10 Å². The number of amides is 1. The Hall–Kier alpha value is -3.59. The average molecular weight is 439 g/mol. The summed E-state index contributed by atoms with van der Waals surface area (Å²) in [6, 6.07) is 17.3. The van der Waals surface area contributed by atoms with Crippen molar-refractivity contribution in [2.75, 3.05) is 18.1 Å². The zero-order valence-electron chi connectivity index (χ0n) is 17.0. The Kier molecular flexibility index (Phi) is 5.51. The highest BCUT2D eigenvalue weighted by atomic mass is 32.2. The lowest BCUT2D eigenvalue weighted by Crippen LogP contribution is -2.26. The van der Waals surface area contributed by atoms with Gasteiger partial charge in [0.2, 0.25) is 10.0 Å². The molecular weight excluding hydrogens is 418 g/mol. The molecule has 0 radical (unpaired) electrons. The number of ether oxygens (including phenoxy) is 1. The third-order valence-electron chi connectivity index (χ3n) is 4.85. The molecule has 1 amide bonds. The largest absolute Gasteiger partial charge is 0.497 e. The lowest BCUT2D eigenvalue weighted by Gasteiger charge is -2.21. The van der Waals surface area contributed by atoms with Crippen molar-refractivity contribution >= 4 is 27.3 Å². The van der Waals surface area contributed by atoms with Gasteiger partial charge in [-0.3, -0.25) is 9.52 Å². The summed E-state index contributed by atoms with van der Waals surface area (Å²) in [6.45, 7) is 0. The van der Waals surface area contributed by atoms with Crippen LogP contribution in [0, 0.1) is 0 Å². The van der Waals surface area contributed by atoms with Crippen molar-refractivity contribution in [3.63, 3.8) is 0 Å². The first-order valence-corrected chi connectivity index (χ1v) is 11.4. The number of sulfonamides is 1. The van der Waals surface area contributed by atoms with Crippen LogP contribution in [0.3, 0.4) is 0 Å². The number of furan rings is 1. The maximum absolute atomic E-state index is 13.1. The molecule has 8 nitrogen and oxygen atoms in total. The normalized spacial score (nSPS) is 16.1. The van der Waals surface area contributed by atoms with Crippen molar-refractivity contribution in [2.45, 2.75) is 12.5 Å². The average Bonchev–Trinajstić information content (AvgIpc) is 3.43. The Morgan fingerprint density at radius 2 is 1.94 bits per heavy atom. The first kappa shape index (κ1) is 20.7. The number of benzene rings is 2. The van der Waals surface area contributed by atoms with Gasteiger partial charge in [0.1, 0.15) is 5.75 Å². The standard InChI is InChI=1S/C22H21N3O5S/c1-29-18-6-3-5-16(13-18)20-14-19(23-25(20)22(26)21-7-4-12-30-21)15-8-10-17(11-9-15)24-31(2,27)28/h3-13,20,24H,14H2,1-2H3/t20-/m1/s1. The fraction of sp³-hybridized carbons (Fsp3) is 0.182. The third kappa shape index (κ3) is 4.61. The molecule has 1 atom stereocenters. The number of methoxy groups -OCH3 is 1. The van der Waals surface area contributed by atoms with Crippen LogP contribution in [-0.4, -0.2) is 38.4 Å². The predicted octanol–water partition coefficient (Wildman–Crippen LogP) is 3.65. The topological polar surface area (TPSA) is 101 Å². The van der Waals surface area contributed by atoms with Crippen LogP contribution >= 0.6 is 0 Å². The summed E-state index contributed by atoms with van der Waals surface area (Å²) in [4.78, 5) is 13.1. The Labute approximate surface area is 180 Å². The van der Waals surface area contributed by atoms with Crippen LogP contribution in [0.15, 0.2) is 76.4 Å². The Morgan fingerprint density at radius 3 is 2.58 bits per heavy atom. The molecular formula is C22H21N3O5S. The summed E-state index contributed by atoms with van der Waals surface area (Å²) in [5.41, 5.74) is 2.84. The van der Waals surface area contributed by atoms with E-state index < -0.39 is 10.0 Å². The molecule has 0 bridgehead atoms. The molecule has 0 saturated carbocycles. The lowest BCUT2D eigenvalue weighted by molar-refractivity contribution is 0.0678. The smallest absolute Gasteiger partial charge is 0.310 e. The van der Waals surface area contributed by atoms with Crippen LogP contribution in [0.4, 0.5) is 5.69 Å². The van der Waals surface area contributed by atoms with Crippen LogP contribution in [0.2, 0.25) is 0 Å². The van der Waals surface area contributed by atoms with Crippen LogP contribution in [0.1, 0.15) is 34.1 Å². The second-order valence-electron chi connectivity index (χ2n) is 7.12. The highest BCUT2D eigenvalue weighted by molar-refractivity contribution is 7.92. The summed E-state index contributed by atoms with van der Waals surface area (Å²) in [5, 5.41) is 6.01. The molecule has 1 aliphatic rings. The molecule has 1 N–H and O–H groups in total. The number of nitrogens with one attached hydrogen (secondary N) is 1. The van der Waals surface area contributed by atoms with E-state index in [1.807, 2.05) is 24.3 Å². The van der Waals surface area contributed by atoms with E-state index in [0.29, 0.717) is 23.6 Å². The second-order valence-corrected chi connectivity index (χ2v) is 8.87. The summed E-state index contributed by atoms with van der Waals surface area (Å²) in [5.74, 6) is 0.543. The molecule has 2 heterocycles. The van der Waals surface area contributed by atoms with Crippen molar-refractivity contribution in [1.29, 1.82) is 0 Å². The van der Waals surface area contributed by atoms with Gasteiger partial charge in [-0.25, -0.2) is 13.4 Å². The van der Waals surface area contributed by atoms with Crippen molar-refractivity contribution < 1.29 is 22.4 Å². The molecule has 4 rings (SSSR count).